The van der Waals surface area contributed by atoms with Gasteiger partial charge in [-0.25, -0.2) is 9.59 Å². The zero-order valence-electron chi connectivity index (χ0n) is 23.0. The fraction of sp³-hybridized carbons (Fsp3) is 0.182. The number of carbonyl (C=O) groups excluding carboxylic acids is 3. The molecule has 0 amide bonds. The second-order valence-electron chi connectivity index (χ2n) is 8.69. The topological polar surface area (TPSA) is 88.1 Å². The maximum Gasteiger partial charge on any atom is 0.366 e. The zero-order chi connectivity index (χ0) is 30.2. The first-order valence-electron chi connectivity index (χ1n) is 13.1. The Morgan fingerprint density at radius 3 is 1.81 bits per heavy atom. The lowest BCUT2D eigenvalue weighted by molar-refractivity contribution is -0.141. The number of hydrogen-bond donors (Lipinski definition) is 0. The molecule has 3 rings (SSSR count). The molecular weight excluding hydrogens is 559 g/mol. The van der Waals surface area contributed by atoms with E-state index < -0.39 is 17.8 Å². The van der Waals surface area contributed by atoms with Crippen LogP contribution in [0.2, 0.25) is 0 Å². The number of thioether (sulfide) groups is 1. The van der Waals surface area contributed by atoms with Gasteiger partial charge in [0.05, 0.1) is 26.4 Å². The Bertz CT molecular complexity index is 1380. The highest BCUT2D eigenvalue weighted by atomic mass is 32.2. The maximum absolute atomic E-state index is 12.6. The summed E-state index contributed by atoms with van der Waals surface area (Å²) in [6.07, 6.45) is 5.40. The van der Waals surface area contributed by atoms with E-state index in [0.717, 1.165) is 39.4 Å². The van der Waals surface area contributed by atoms with Crippen molar-refractivity contribution in [3.05, 3.63) is 109 Å². The van der Waals surface area contributed by atoms with E-state index in [0.29, 0.717) is 37.6 Å². The van der Waals surface area contributed by atoms with Gasteiger partial charge in [0.15, 0.2) is 0 Å². The first-order chi connectivity index (χ1) is 20.3. The average Bonchev–Trinajstić information content (AvgIpc) is 3.00. The Balaban J connectivity index is 1.39. The van der Waals surface area contributed by atoms with Gasteiger partial charge >= 0.3 is 11.9 Å². The van der Waals surface area contributed by atoms with Gasteiger partial charge < -0.3 is 18.9 Å². The lowest BCUT2D eigenvalue weighted by Crippen LogP contribution is -2.08. The molecule has 0 aromatic heterocycles. The molecule has 0 unspecified atom stereocenters. The Labute approximate surface area is 248 Å². The van der Waals surface area contributed by atoms with Crippen LogP contribution in [0.15, 0.2) is 109 Å². The molecule has 0 N–H and O–H groups in total. The van der Waals surface area contributed by atoms with Crippen molar-refractivity contribution in [2.75, 3.05) is 26.4 Å². The normalized spacial score (nSPS) is 10.6. The van der Waals surface area contributed by atoms with Gasteiger partial charge in [-0.15, -0.1) is 0 Å². The van der Waals surface area contributed by atoms with E-state index in [4.69, 9.17) is 14.2 Å². The molecule has 0 radical (unpaired) electrons. The van der Waals surface area contributed by atoms with E-state index >= 15 is 0 Å². The molecule has 0 aliphatic heterocycles. The number of halogens is 1. The molecule has 9 heteroatoms. The molecule has 0 bridgehead atoms. The van der Waals surface area contributed by atoms with Gasteiger partial charge in [0.2, 0.25) is 10.9 Å². The molecule has 0 aliphatic rings. The van der Waals surface area contributed by atoms with E-state index in [9.17, 15) is 18.8 Å². The molecule has 0 saturated carbocycles. The number of carbonyl (C=O) groups is 3. The summed E-state index contributed by atoms with van der Waals surface area (Å²) < 4.78 is 33.4. The minimum Gasteiger partial charge on any atom is -0.493 e. The monoisotopic (exact) mass is 590 g/mol. The summed E-state index contributed by atoms with van der Waals surface area (Å²) in [5.74, 6) is -1.28. The highest BCUT2D eigenvalue weighted by Crippen LogP contribution is 2.27. The fourth-order valence-electron chi connectivity index (χ4n) is 3.42. The first kappa shape index (κ1) is 31.9. The minimum atomic E-state index is -1.12. The third kappa shape index (κ3) is 11.5. The molecule has 0 atom stereocenters. The molecule has 0 fully saturated rings. The number of benzene rings is 3. The molecule has 42 heavy (non-hydrogen) atoms. The molecule has 3 aromatic carbocycles. The molecule has 3 aromatic rings. The van der Waals surface area contributed by atoms with E-state index in [1.807, 2.05) is 72.8 Å². The molecule has 0 aliphatic carbocycles. The van der Waals surface area contributed by atoms with Crippen LogP contribution in [0.25, 0.3) is 17.2 Å². The highest BCUT2D eigenvalue weighted by Gasteiger charge is 2.07. The van der Waals surface area contributed by atoms with Crippen LogP contribution in [0.5, 0.6) is 11.5 Å². The molecule has 0 spiro atoms. The quantitative estimate of drug-likeness (QED) is 0.0764. The second kappa shape index (κ2) is 17.2. The number of hydrogen-bond acceptors (Lipinski definition) is 8. The van der Waals surface area contributed by atoms with Crippen LogP contribution in [0.3, 0.4) is 0 Å². The van der Waals surface area contributed by atoms with Crippen LogP contribution in [0, 0.1) is 0 Å². The Kier molecular flexibility index (Phi) is 13.1. The van der Waals surface area contributed by atoms with Crippen molar-refractivity contribution in [1.29, 1.82) is 0 Å². The second-order valence-corrected chi connectivity index (χ2v) is 9.77. The Morgan fingerprint density at radius 2 is 1.26 bits per heavy atom. The largest absolute Gasteiger partial charge is 0.493 e. The lowest BCUT2D eigenvalue weighted by Gasteiger charge is -2.08. The van der Waals surface area contributed by atoms with Crippen molar-refractivity contribution in [3.63, 3.8) is 0 Å². The van der Waals surface area contributed by atoms with Crippen LogP contribution in [0.4, 0.5) is 4.39 Å². The summed E-state index contributed by atoms with van der Waals surface area (Å²) >= 11 is 1.14. The average molecular weight is 591 g/mol. The van der Waals surface area contributed by atoms with Crippen LogP contribution < -0.4 is 9.47 Å². The van der Waals surface area contributed by atoms with Gasteiger partial charge in [-0.2, -0.15) is 4.39 Å². The Hall–Kier alpha value is -4.63. The van der Waals surface area contributed by atoms with Crippen LogP contribution in [-0.2, 0) is 23.9 Å². The third-order valence-corrected chi connectivity index (χ3v) is 6.38. The maximum atomic E-state index is 12.6. The van der Waals surface area contributed by atoms with E-state index in [-0.39, 0.29) is 18.3 Å². The lowest BCUT2D eigenvalue weighted by atomic mass is 10.1. The molecule has 218 valence electrons. The van der Waals surface area contributed by atoms with Crippen LogP contribution in [-0.4, -0.2) is 43.5 Å². The van der Waals surface area contributed by atoms with Gasteiger partial charge in [-0.3, -0.25) is 4.79 Å². The standard InChI is InChI=1S/C33H31FO7S/c1-3-31(35)40-22-4-20-38-28-13-6-25(7-14-28)8-19-32(36)42-30-17-11-27(12-18-30)26-9-15-29(16-10-26)39-21-5-23-41-33(37)24(2)34/h3,6-19H,1-2,4-5,20-23H2/b19-8+. The van der Waals surface area contributed by atoms with E-state index in [1.165, 1.54) is 6.08 Å². The zero-order valence-corrected chi connectivity index (χ0v) is 23.8. The summed E-state index contributed by atoms with van der Waals surface area (Å²) in [6, 6.07) is 22.6. The summed E-state index contributed by atoms with van der Waals surface area (Å²) in [5, 5.41) is -0.0944. The van der Waals surface area contributed by atoms with Crippen molar-refractivity contribution < 1.29 is 37.7 Å². The van der Waals surface area contributed by atoms with Gasteiger partial charge in [0.1, 0.15) is 11.5 Å². The number of ether oxygens (including phenoxy) is 4. The van der Waals surface area contributed by atoms with Crippen molar-refractivity contribution in [1.82, 2.24) is 0 Å². The summed E-state index contributed by atoms with van der Waals surface area (Å²) in [4.78, 5) is 35.3. The van der Waals surface area contributed by atoms with Gasteiger partial charge in [-0.05, 0) is 70.9 Å². The van der Waals surface area contributed by atoms with E-state index in [1.54, 1.807) is 6.08 Å². The first-order valence-corrected chi connectivity index (χ1v) is 13.9. The molecule has 0 saturated heterocycles. The van der Waals surface area contributed by atoms with Crippen molar-refractivity contribution in [2.24, 2.45) is 0 Å². The van der Waals surface area contributed by atoms with Crippen LogP contribution in [0.1, 0.15) is 18.4 Å². The van der Waals surface area contributed by atoms with Crippen LogP contribution >= 0.6 is 11.8 Å². The third-order valence-electron chi connectivity index (χ3n) is 5.53. The van der Waals surface area contributed by atoms with Gasteiger partial charge in [0, 0.05) is 23.8 Å². The Morgan fingerprint density at radius 1 is 0.738 bits per heavy atom. The smallest absolute Gasteiger partial charge is 0.366 e. The van der Waals surface area contributed by atoms with E-state index in [2.05, 4.69) is 17.9 Å². The molecule has 7 nitrogen and oxygen atoms in total. The summed E-state index contributed by atoms with van der Waals surface area (Å²) in [5.41, 5.74) is 2.85. The number of esters is 2. The predicted molar refractivity (Wildman–Crippen MR) is 161 cm³/mol. The van der Waals surface area contributed by atoms with Gasteiger partial charge in [-0.1, -0.05) is 55.6 Å². The highest BCUT2D eigenvalue weighted by molar-refractivity contribution is 8.14. The van der Waals surface area contributed by atoms with Crippen molar-refractivity contribution in [3.8, 4) is 22.6 Å². The summed E-state index contributed by atoms with van der Waals surface area (Å²) in [6.45, 7) is 7.27. The fourth-order valence-corrected chi connectivity index (χ4v) is 4.06. The van der Waals surface area contributed by atoms with Gasteiger partial charge in [0.25, 0.3) is 0 Å². The SMILES string of the molecule is C=CC(=O)OCCCOc1ccc(/C=C/C(=O)Sc2ccc(-c3ccc(OCCCOC(=O)C(=C)F)cc3)cc2)cc1. The van der Waals surface area contributed by atoms with Crippen molar-refractivity contribution in [2.45, 2.75) is 17.7 Å². The predicted octanol–water partition coefficient (Wildman–Crippen LogP) is 6.98. The minimum absolute atomic E-state index is 0.0470. The van der Waals surface area contributed by atoms with Crippen molar-refractivity contribution >= 4 is 34.9 Å². The number of rotatable bonds is 16. The molecular formula is C33H31FO7S. The summed E-state index contributed by atoms with van der Waals surface area (Å²) in [7, 11) is 0. The molecule has 0 heterocycles.